The van der Waals surface area contributed by atoms with E-state index in [4.69, 9.17) is 16.0 Å². The fraction of sp³-hybridized carbons (Fsp3) is 0.167. The molecule has 0 spiro atoms. The number of hydrogen-bond acceptors (Lipinski definition) is 6. The molecule has 9 nitrogen and oxygen atoms in total. The predicted octanol–water partition coefficient (Wildman–Crippen LogP) is 5.34. The molecule has 11 heteroatoms. The van der Waals surface area contributed by atoms with Crippen LogP contribution in [0, 0.1) is 20.8 Å². The molecule has 1 aromatic heterocycles. The number of benzene rings is 3. The molecule has 4 aromatic rings. The number of furan rings is 1. The van der Waals surface area contributed by atoms with E-state index in [1.54, 1.807) is 61.5 Å². The van der Waals surface area contributed by atoms with Crippen LogP contribution in [0.4, 0.5) is 5.69 Å². The SMILES string of the molecule is Cc1ccc(CN(Cc2ccc(/C=N/NC(=O)C(=O)Nc3ccc(Cl)cc3C)o2)S(=O)(=O)c2ccc(C)cc2)cc1. The van der Waals surface area contributed by atoms with Crippen LogP contribution < -0.4 is 10.7 Å². The number of nitrogens with one attached hydrogen (secondary N) is 2. The molecule has 0 bridgehead atoms. The number of amides is 2. The van der Waals surface area contributed by atoms with Crippen molar-refractivity contribution >= 4 is 45.3 Å². The van der Waals surface area contributed by atoms with E-state index < -0.39 is 21.8 Å². The van der Waals surface area contributed by atoms with Crippen molar-refractivity contribution < 1.29 is 22.4 Å². The Morgan fingerprint density at radius 1 is 0.878 bits per heavy atom. The maximum Gasteiger partial charge on any atom is 0.329 e. The first-order valence-corrected chi connectivity index (χ1v) is 14.4. The Kier molecular flexibility index (Phi) is 9.38. The highest BCUT2D eigenvalue weighted by atomic mass is 35.5. The van der Waals surface area contributed by atoms with Crippen molar-refractivity contribution in [2.75, 3.05) is 5.32 Å². The van der Waals surface area contributed by atoms with Crippen LogP contribution in [0.5, 0.6) is 0 Å². The van der Waals surface area contributed by atoms with Crippen LogP contribution in [-0.4, -0.2) is 30.8 Å². The third-order valence-electron chi connectivity index (χ3n) is 6.15. The molecule has 0 saturated carbocycles. The van der Waals surface area contributed by atoms with Gasteiger partial charge in [0, 0.05) is 17.3 Å². The van der Waals surface area contributed by atoms with Crippen molar-refractivity contribution in [1.82, 2.24) is 9.73 Å². The van der Waals surface area contributed by atoms with E-state index in [9.17, 15) is 18.0 Å². The van der Waals surface area contributed by atoms with Crippen LogP contribution in [-0.2, 0) is 32.7 Å². The fourth-order valence-corrected chi connectivity index (χ4v) is 5.48. The van der Waals surface area contributed by atoms with Crippen molar-refractivity contribution in [2.24, 2.45) is 5.10 Å². The minimum atomic E-state index is -3.85. The first-order valence-electron chi connectivity index (χ1n) is 12.6. The Balaban J connectivity index is 1.44. The molecule has 41 heavy (non-hydrogen) atoms. The summed E-state index contributed by atoms with van der Waals surface area (Å²) in [6.07, 6.45) is 1.22. The first-order chi connectivity index (χ1) is 19.5. The van der Waals surface area contributed by atoms with Crippen LogP contribution in [0.25, 0.3) is 0 Å². The highest BCUT2D eigenvalue weighted by molar-refractivity contribution is 7.89. The van der Waals surface area contributed by atoms with Gasteiger partial charge in [0.2, 0.25) is 10.0 Å². The highest BCUT2D eigenvalue weighted by Crippen LogP contribution is 2.23. The van der Waals surface area contributed by atoms with Gasteiger partial charge < -0.3 is 9.73 Å². The molecule has 4 rings (SSSR count). The molecule has 0 fully saturated rings. The Morgan fingerprint density at radius 3 is 2.20 bits per heavy atom. The van der Waals surface area contributed by atoms with E-state index in [-0.39, 0.29) is 23.7 Å². The van der Waals surface area contributed by atoms with E-state index in [1.807, 2.05) is 38.1 Å². The summed E-state index contributed by atoms with van der Waals surface area (Å²) in [5, 5.41) is 6.79. The lowest BCUT2D eigenvalue weighted by molar-refractivity contribution is -0.136. The quantitative estimate of drug-likeness (QED) is 0.154. The zero-order chi connectivity index (χ0) is 29.6. The summed E-state index contributed by atoms with van der Waals surface area (Å²) in [7, 11) is -3.85. The maximum atomic E-state index is 13.6. The van der Waals surface area contributed by atoms with Gasteiger partial charge in [-0.3, -0.25) is 9.59 Å². The van der Waals surface area contributed by atoms with Crippen LogP contribution in [0.15, 0.2) is 93.3 Å². The van der Waals surface area contributed by atoms with Crippen molar-refractivity contribution in [2.45, 2.75) is 38.8 Å². The van der Waals surface area contributed by atoms with Crippen LogP contribution >= 0.6 is 11.6 Å². The number of carbonyl (C=O) groups is 2. The lowest BCUT2D eigenvalue weighted by atomic mass is 10.1. The average molecular weight is 593 g/mol. The molecule has 0 aliphatic rings. The minimum absolute atomic E-state index is 0.0346. The zero-order valence-corrected chi connectivity index (χ0v) is 24.3. The van der Waals surface area contributed by atoms with Gasteiger partial charge in [0.1, 0.15) is 11.5 Å². The molecule has 0 unspecified atom stereocenters. The monoisotopic (exact) mass is 592 g/mol. The molecule has 1 heterocycles. The summed E-state index contributed by atoms with van der Waals surface area (Å²) in [6, 6.07) is 22.4. The molecule has 0 aliphatic heterocycles. The Hall–Kier alpha value is -4.25. The van der Waals surface area contributed by atoms with Crippen LogP contribution in [0.1, 0.15) is 33.8 Å². The smallest absolute Gasteiger partial charge is 0.329 e. The molecule has 2 amide bonds. The van der Waals surface area contributed by atoms with Gasteiger partial charge in [0.15, 0.2) is 0 Å². The normalized spacial score (nSPS) is 11.6. The van der Waals surface area contributed by atoms with E-state index in [2.05, 4.69) is 15.8 Å². The number of hydrazone groups is 1. The number of nitrogens with zero attached hydrogens (tertiary/aromatic N) is 2. The first kappa shape index (κ1) is 29.7. The van der Waals surface area contributed by atoms with Crippen molar-refractivity contribution in [1.29, 1.82) is 0 Å². The van der Waals surface area contributed by atoms with Crippen molar-refractivity contribution in [3.63, 3.8) is 0 Å². The van der Waals surface area contributed by atoms with Crippen LogP contribution in [0.3, 0.4) is 0 Å². The molecular formula is C30H29ClN4O5S. The summed E-state index contributed by atoms with van der Waals surface area (Å²) in [4.78, 5) is 24.5. The maximum absolute atomic E-state index is 13.6. The third-order valence-corrected chi connectivity index (χ3v) is 8.19. The van der Waals surface area contributed by atoms with Gasteiger partial charge in [0.05, 0.1) is 17.7 Å². The topological polar surface area (TPSA) is 121 Å². The van der Waals surface area contributed by atoms with E-state index in [0.717, 1.165) is 16.7 Å². The molecule has 0 atom stereocenters. The van der Waals surface area contributed by atoms with E-state index >= 15 is 0 Å². The summed E-state index contributed by atoms with van der Waals surface area (Å²) in [5.41, 5.74) is 6.15. The number of anilines is 1. The standard InChI is InChI=1S/C30H29ClN4O5S/c1-20-4-8-23(9-5-20)18-35(41(38,39)27-13-6-21(2)7-14-27)19-26-12-11-25(40-26)17-32-34-30(37)29(36)33-28-15-10-24(31)16-22(28)3/h4-17H,18-19H2,1-3H3,(H,33,36)(H,34,37)/b32-17+. The largest absolute Gasteiger partial charge is 0.459 e. The molecule has 212 valence electrons. The summed E-state index contributed by atoms with van der Waals surface area (Å²) in [5.74, 6) is -1.24. The zero-order valence-electron chi connectivity index (χ0n) is 22.7. The van der Waals surface area contributed by atoms with Gasteiger partial charge in [-0.25, -0.2) is 13.8 Å². The van der Waals surface area contributed by atoms with E-state index in [1.165, 1.54) is 10.5 Å². The van der Waals surface area contributed by atoms with Gasteiger partial charge in [-0.15, -0.1) is 0 Å². The third kappa shape index (κ3) is 7.91. The highest BCUT2D eigenvalue weighted by Gasteiger charge is 2.26. The number of halogens is 1. The van der Waals surface area contributed by atoms with Crippen molar-refractivity contribution in [3.8, 4) is 0 Å². The van der Waals surface area contributed by atoms with Crippen molar-refractivity contribution in [3.05, 3.63) is 118 Å². The number of sulfonamides is 1. The van der Waals surface area contributed by atoms with E-state index in [0.29, 0.717) is 22.0 Å². The Labute approximate surface area is 243 Å². The van der Waals surface area contributed by atoms with Gasteiger partial charge in [-0.05, 0) is 74.4 Å². The Bertz CT molecular complexity index is 1680. The minimum Gasteiger partial charge on any atom is -0.459 e. The molecule has 3 aromatic carbocycles. The lowest BCUT2D eigenvalue weighted by Gasteiger charge is -2.21. The molecule has 2 N–H and O–H groups in total. The predicted molar refractivity (Wildman–Crippen MR) is 158 cm³/mol. The van der Waals surface area contributed by atoms with Gasteiger partial charge in [-0.1, -0.05) is 59.1 Å². The number of rotatable bonds is 9. The van der Waals surface area contributed by atoms with Gasteiger partial charge >= 0.3 is 11.8 Å². The van der Waals surface area contributed by atoms with Gasteiger partial charge in [0.25, 0.3) is 0 Å². The second-order valence-corrected chi connectivity index (χ2v) is 11.9. The Morgan fingerprint density at radius 2 is 1.54 bits per heavy atom. The second kappa shape index (κ2) is 12.9. The number of carbonyl (C=O) groups excluding carboxylic acids is 2. The summed E-state index contributed by atoms with van der Waals surface area (Å²) < 4.78 is 34.2. The average Bonchev–Trinajstić information content (AvgIpc) is 3.38. The van der Waals surface area contributed by atoms with Gasteiger partial charge in [-0.2, -0.15) is 9.41 Å². The lowest BCUT2D eigenvalue weighted by Crippen LogP contribution is -2.32. The second-order valence-electron chi connectivity index (χ2n) is 9.49. The molecule has 0 saturated heterocycles. The van der Waals surface area contributed by atoms with Crippen LogP contribution in [0.2, 0.25) is 5.02 Å². The number of aryl methyl sites for hydroxylation is 3. The summed E-state index contributed by atoms with van der Waals surface area (Å²) in [6.45, 7) is 5.71. The molecule has 0 radical (unpaired) electrons. The number of hydrogen-bond donors (Lipinski definition) is 2. The fourth-order valence-electron chi connectivity index (χ4n) is 3.86. The molecular weight excluding hydrogens is 564 g/mol. The summed E-state index contributed by atoms with van der Waals surface area (Å²) >= 11 is 5.92. The molecule has 0 aliphatic carbocycles.